The molecule has 2 heterocycles. The molecule has 0 aliphatic carbocycles. The molecule has 0 fully saturated rings. The van der Waals surface area contributed by atoms with Crippen molar-refractivity contribution >= 4 is 5.69 Å². The van der Waals surface area contributed by atoms with E-state index in [-0.39, 0.29) is 0 Å². The van der Waals surface area contributed by atoms with Crippen LogP contribution < -0.4 is 10.2 Å². The van der Waals surface area contributed by atoms with Crippen molar-refractivity contribution in [1.29, 1.82) is 0 Å². The molecule has 1 N–H and O–H groups in total. The van der Waals surface area contributed by atoms with E-state index in [4.69, 9.17) is 4.42 Å². The van der Waals surface area contributed by atoms with Gasteiger partial charge in [-0.3, -0.25) is 0 Å². The van der Waals surface area contributed by atoms with Crippen molar-refractivity contribution < 1.29 is 4.42 Å². The molecule has 112 valence electrons. The Balaban J connectivity index is 1.75. The van der Waals surface area contributed by atoms with Crippen LogP contribution in [0, 0.1) is 0 Å². The average Bonchev–Trinajstić information content (AvgIpc) is 2.93. The molecule has 3 heteroatoms. The van der Waals surface area contributed by atoms with E-state index < -0.39 is 0 Å². The summed E-state index contributed by atoms with van der Waals surface area (Å²) < 4.78 is 5.66. The van der Waals surface area contributed by atoms with E-state index in [1.807, 2.05) is 6.26 Å². The highest BCUT2D eigenvalue weighted by Crippen LogP contribution is 2.28. The molecule has 0 saturated carbocycles. The second-order valence-corrected chi connectivity index (χ2v) is 6.06. The Hall–Kier alpha value is -1.74. The Kier molecular flexibility index (Phi) is 4.30. The number of benzene rings is 1. The fourth-order valence-corrected chi connectivity index (χ4v) is 2.94. The topological polar surface area (TPSA) is 28.4 Å². The molecule has 1 aromatic carbocycles. The van der Waals surface area contributed by atoms with Crippen LogP contribution in [-0.2, 0) is 19.5 Å². The first kappa shape index (κ1) is 14.2. The van der Waals surface area contributed by atoms with Crippen LogP contribution in [-0.4, -0.2) is 12.6 Å². The number of hydrogen-bond acceptors (Lipinski definition) is 3. The van der Waals surface area contributed by atoms with Crippen molar-refractivity contribution in [3.8, 4) is 0 Å². The van der Waals surface area contributed by atoms with Gasteiger partial charge >= 0.3 is 0 Å². The zero-order valence-corrected chi connectivity index (χ0v) is 12.9. The summed E-state index contributed by atoms with van der Waals surface area (Å²) in [5.74, 6) is 1.06. The standard InChI is InChI=1S/C18H24N2O/c1-14(2)19-12-18-16(9-11-21-18)13-20-10-5-7-15-6-3-4-8-17(15)20/h3-4,6,8-9,11,14,19H,5,7,10,12-13H2,1-2H3. The molecule has 0 saturated heterocycles. The minimum atomic E-state index is 0.471. The zero-order chi connectivity index (χ0) is 14.7. The van der Waals surface area contributed by atoms with E-state index in [0.717, 1.165) is 25.4 Å². The van der Waals surface area contributed by atoms with Crippen LogP contribution in [0.5, 0.6) is 0 Å². The molecule has 1 aliphatic heterocycles. The van der Waals surface area contributed by atoms with Crippen LogP contribution in [0.4, 0.5) is 5.69 Å². The quantitative estimate of drug-likeness (QED) is 0.907. The normalized spacial score (nSPS) is 14.5. The second kappa shape index (κ2) is 6.35. The van der Waals surface area contributed by atoms with Crippen LogP contribution in [0.25, 0.3) is 0 Å². The number of hydrogen-bond donors (Lipinski definition) is 1. The first-order valence-electron chi connectivity index (χ1n) is 7.85. The van der Waals surface area contributed by atoms with Gasteiger partial charge in [0.05, 0.1) is 12.8 Å². The maximum Gasteiger partial charge on any atom is 0.122 e. The third kappa shape index (κ3) is 3.30. The molecule has 1 aliphatic rings. The minimum absolute atomic E-state index is 0.471. The number of fused-ring (bicyclic) bond motifs is 1. The third-order valence-electron chi connectivity index (χ3n) is 4.08. The van der Waals surface area contributed by atoms with Crippen molar-refractivity contribution in [1.82, 2.24) is 5.32 Å². The van der Waals surface area contributed by atoms with Gasteiger partial charge in [-0.1, -0.05) is 32.0 Å². The Morgan fingerprint density at radius 3 is 2.95 bits per heavy atom. The van der Waals surface area contributed by atoms with Crippen LogP contribution in [0.1, 0.15) is 37.2 Å². The number of nitrogens with one attached hydrogen (secondary N) is 1. The number of nitrogens with zero attached hydrogens (tertiary/aromatic N) is 1. The Morgan fingerprint density at radius 2 is 2.10 bits per heavy atom. The highest BCUT2D eigenvalue weighted by molar-refractivity contribution is 5.55. The maximum absolute atomic E-state index is 5.66. The first-order valence-corrected chi connectivity index (χ1v) is 7.85. The van der Waals surface area contributed by atoms with E-state index in [1.54, 1.807) is 0 Å². The molecular formula is C18H24N2O. The number of para-hydroxylation sites is 1. The molecule has 21 heavy (non-hydrogen) atoms. The van der Waals surface area contributed by atoms with Crippen LogP contribution in [0.15, 0.2) is 41.0 Å². The summed E-state index contributed by atoms with van der Waals surface area (Å²) in [5.41, 5.74) is 4.14. The van der Waals surface area contributed by atoms with Gasteiger partial charge in [-0.25, -0.2) is 0 Å². The van der Waals surface area contributed by atoms with Crippen molar-refractivity contribution in [3.05, 3.63) is 53.5 Å². The number of rotatable bonds is 5. The number of aryl methyl sites for hydroxylation is 1. The van der Waals surface area contributed by atoms with E-state index in [9.17, 15) is 0 Å². The molecule has 3 nitrogen and oxygen atoms in total. The molecule has 1 aromatic heterocycles. The van der Waals surface area contributed by atoms with Crippen LogP contribution in [0.3, 0.4) is 0 Å². The molecule has 0 radical (unpaired) electrons. The lowest BCUT2D eigenvalue weighted by molar-refractivity contribution is 0.460. The second-order valence-electron chi connectivity index (χ2n) is 6.06. The predicted octanol–water partition coefficient (Wildman–Crippen LogP) is 3.73. The first-order chi connectivity index (χ1) is 10.2. The molecule has 2 aromatic rings. The van der Waals surface area contributed by atoms with Crippen molar-refractivity contribution in [2.75, 3.05) is 11.4 Å². The van der Waals surface area contributed by atoms with Gasteiger partial charge in [0.15, 0.2) is 0 Å². The summed E-state index contributed by atoms with van der Waals surface area (Å²) in [5, 5.41) is 3.43. The fraction of sp³-hybridized carbons (Fsp3) is 0.444. The monoisotopic (exact) mass is 284 g/mol. The predicted molar refractivity (Wildman–Crippen MR) is 86.5 cm³/mol. The van der Waals surface area contributed by atoms with Crippen molar-refractivity contribution in [3.63, 3.8) is 0 Å². The van der Waals surface area contributed by atoms with Crippen molar-refractivity contribution in [2.45, 2.75) is 45.8 Å². The van der Waals surface area contributed by atoms with Gasteiger partial charge in [-0.05, 0) is 30.5 Å². The Morgan fingerprint density at radius 1 is 1.24 bits per heavy atom. The lowest BCUT2D eigenvalue weighted by atomic mass is 10.0. The molecule has 0 unspecified atom stereocenters. The molecule has 0 atom stereocenters. The lowest BCUT2D eigenvalue weighted by Gasteiger charge is -2.31. The van der Waals surface area contributed by atoms with E-state index in [2.05, 4.69) is 54.4 Å². The summed E-state index contributed by atoms with van der Waals surface area (Å²) in [6.07, 6.45) is 4.23. The molecule has 0 bridgehead atoms. The van der Waals surface area contributed by atoms with Crippen LogP contribution in [0.2, 0.25) is 0 Å². The summed E-state index contributed by atoms with van der Waals surface area (Å²) in [6, 6.07) is 11.3. The molecule has 0 spiro atoms. The average molecular weight is 284 g/mol. The zero-order valence-electron chi connectivity index (χ0n) is 12.9. The molecular weight excluding hydrogens is 260 g/mol. The molecule has 3 rings (SSSR count). The Bertz CT molecular complexity index is 588. The summed E-state index contributed by atoms with van der Waals surface area (Å²) in [4.78, 5) is 2.47. The van der Waals surface area contributed by atoms with Gasteiger partial charge in [0.2, 0.25) is 0 Å². The minimum Gasteiger partial charge on any atom is -0.468 e. The van der Waals surface area contributed by atoms with Gasteiger partial charge in [0.25, 0.3) is 0 Å². The third-order valence-corrected chi connectivity index (χ3v) is 4.08. The summed E-state index contributed by atoms with van der Waals surface area (Å²) >= 11 is 0. The highest BCUT2D eigenvalue weighted by atomic mass is 16.3. The van der Waals surface area contributed by atoms with Gasteiger partial charge < -0.3 is 14.6 Å². The number of anilines is 1. The van der Waals surface area contributed by atoms with Gasteiger partial charge in [-0.2, -0.15) is 0 Å². The fourth-order valence-electron chi connectivity index (χ4n) is 2.94. The largest absolute Gasteiger partial charge is 0.468 e. The maximum atomic E-state index is 5.66. The highest BCUT2D eigenvalue weighted by Gasteiger charge is 2.18. The summed E-state index contributed by atoms with van der Waals surface area (Å²) in [7, 11) is 0. The van der Waals surface area contributed by atoms with Gasteiger partial charge in [-0.15, -0.1) is 0 Å². The summed E-state index contributed by atoms with van der Waals surface area (Å²) in [6.45, 7) is 7.17. The Labute approximate surface area is 127 Å². The SMILES string of the molecule is CC(C)NCc1occc1CN1CCCc2ccccc21. The van der Waals surface area contributed by atoms with Crippen molar-refractivity contribution in [2.24, 2.45) is 0 Å². The lowest BCUT2D eigenvalue weighted by Crippen LogP contribution is -2.29. The van der Waals surface area contributed by atoms with E-state index in [1.165, 1.54) is 29.7 Å². The van der Waals surface area contributed by atoms with E-state index >= 15 is 0 Å². The van der Waals surface area contributed by atoms with Gasteiger partial charge in [0, 0.05) is 30.4 Å². The smallest absolute Gasteiger partial charge is 0.122 e. The molecule has 0 amide bonds. The van der Waals surface area contributed by atoms with Crippen LogP contribution >= 0.6 is 0 Å². The van der Waals surface area contributed by atoms with Gasteiger partial charge in [0.1, 0.15) is 5.76 Å². The van der Waals surface area contributed by atoms with E-state index in [0.29, 0.717) is 6.04 Å². The number of furan rings is 1.